The molecule has 4 saturated carbocycles. The minimum absolute atomic E-state index is 0.0903. The van der Waals surface area contributed by atoms with Gasteiger partial charge in [-0.1, -0.05) is 13.8 Å². The Morgan fingerprint density at radius 3 is 2.30 bits per heavy atom. The summed E-state index contributed by atoms with van der Waals surface area (Å²) in [6.45, 7) is 6.57. The number of hydrogen-bond donors (Lipinski definition) is 3. The molecule has 0 aromatic rings. The van der Waals surface area contributed by atoms with Crippen LogP contribution in [0.2, 0.25) is 0 Å². The second-order valence-electron chi connectivity index (χ2n) is 9.94. The second kappa shape index (κ2) is 4.95. The molecule has 4 fully saturated rings. The van der Waals surface area contributed by atoms with Crippen LogP contribution in [-0.4, -0.2) is 33.1 Å². The second-order valence-corrected chi connectivity index (χ2v) is 9.94. The predicted octanol–water partition coefficient (Wildman–Crippen LogP) is 3.11. The third-order valence-corrected chi connectivity index (χ3v) is 9.31. The summed E-state index contributed by atoms with van der Waals surface area (Å²) in [5, 5.41) is 31.5. The summed E-state index contributed by atoms with van der Waals surface area (Å²) < 4.78 is 0. The van der Waals surface area contributed by atoms with Crippen molar-refractivity contribution < 1.29 is 15.3 Å². The zero-order valence-electron chi connectivity index (χ0n) is 15.0. The summed E-state index contributed by atoms with van der Waals surface area (Å²) in [7, 11) is 0. The Kier molecular flexibility index (Phi) is 3.52. The van der Waals surface area contributed by atoms with Crippen molar-refractivity contribution in [3.8, 4) is 0 Å². The molecule has 3 heteroatoms. The van der Waals surface area contributed by atoms with Gasteiger partial charge in [0, 0.05) is 5.41 Å². The Morgan fingerprint density at radius 1 is 0.826 bits per heavy atom. The van der Waals surface area contributed by atoms with Gasteiger partial charge < -0.3 is 15.3 Å². The van der Waals surface area contributed by atoms with Crippen LogP contribution in [0.3, 0.4) is 0 Å². The first-order valence-electron chi connectivity index (χ1n) is 9.78. The first-order chi connectivity index (χ1) is 10.7. The van der Waals surface area contributed by atoms with Crippen molar-refractivity contribution >= 4 is 0 Å². The highest BCUT2D eigenvalue weighted by molar-refractivity contribution is 5.15. The maximum atomic E-state index is 11.0. The van der Waals surface area contributed by atoms with Crippen molar-refractivity contribution in [3.05, 3.63) is 0 Å². The van der Waals surface area contributed by atoms with Gasteiger partial charge >= 0.3 is 0 Å². The van der Waals surface area contributed by atoms with Gasteiger partial charge in [-0.25, -0.2) is 0 Å². The molecule has 3 nitrogen and oxygen atoms in total. The summed E-state index contributed by atoms with van der Waals surface area (Å²) in [6, 6.07) is 0. The fraction of sp³-hybridized carbons (Fsp3) is 1.00. The van der Waals surface area contributed by atoms with Gasteiger partial charge in [0.25, 0.3) is 0 Å². The molecule has 0 amide bonds. The summed E-state index contributed by atoms with van der Waals surface area (Å²) in [6.07, 6.45) is 7.87. The largest absolute Gasteiger partial charge is 0.393 e. The summed E-state index contributed by atoms with van der Waals surface area (Å²) in [5.74, 6) is 2.49. The fourth-order valence-electron chi connectivity index (χ4n) is 7.47. The van der Waals surface area contributed by atoms with Crippen LogP contribution < -0.4 is 0 Å². The van der Waals surface area contributed by atoms with Gasteiger partial charge in [0.05, 0.1) is 17.8 Å². The first-order valence-corrected chi connectivity index (χ1v) is 9.78. The van der Waals surface area contributed by atoms with Crippen LogP contribution in [0.25, 0.3) is 0 Å². The molecule has 3 N–H and O–H groups in total. The molecule has 0 bridgehead atoms. The molecule has 0 heterocycles. The van der Waals surface area contributed by atoms with Crippen LogP contribution >= 0.6 is 0 Å². The topological polar surface area (TPSA) is 60.7 Å². The highest BCUT2D eigenvalue weighted by atomic mass is 16.3. The molecule has 0 saturated heterocycles. The van der Waals surface area contributed by atoms with Gasteiger partial charge in [-0.3, -0.25) is 0 Å². The van der Waals surface area contributed by atoms with Crippen molar-refractivity contribution in [2.75, 3.05) is 0 Å². The molecule has 132 valence electrons. The maximum absolute atomic E-state index is 11.0. The average molecular weight is 322 g/mol. The Bertz CT molecular complexity index is 489. The zero-order chi connectivity index (χ0) is 16.6. The lowest BCUT2D eigenvalue weighted by molar-refractivity contribution is -0.164. The highest BCUT2D eigenvalue weighted by Crippen LogP contribution is 2.68. The Morgan fingerprint density at radius 2 is 1.57 bits per heavy atom. The summed E-state index contributed by atoms with van der Waals surface area (Å²) in [5.41, 5.74) is -0.711. The lowest BCUT2D eigenvalue weighted by Crippen LogP contribution is -2.57. The van der Waals surface area contributed by atoms with Crippen LogP contribution in [0.4, 0.5) is 0 Å². The average Bonchev–Trinajstić information content (AvgIpc) is 2.67. The summed E-state index contributed by atoms with van der Waals surface area (Å²) >= 11 is 0. The third kappa shape index (κ3) is 1.99. The van der Waals surface area contributed by atoms with Crippen LogP contribution in [-0.2, 0) is 0 Å². The minimum Gasteiger partial charge on any atom is -0.393 e. The molecule has 9 atom stereocenters. The molecule has 0 spiro atoms. The van der Waals surface area contributed by atoms with Crippen LogP contribution in [0.1, 0.15) is 72.1 Å². The molecule has 0 aromatic carbocycles. The number of aliphatic hydroxyl groups is 3. The van der Waals surface area contributed by atoms with Crippen LogP contribution in [0, 0.1) is 34.5 Å². The maximum Gasteiger partial charge on any atom is 0.0933 e. The van der Waals surface area contributed by atoms with Gasteiger partial charge in [0.1, 0.15) is 0 Å². The van der Waals surface area contributed by atoms with E-state index in [1.807, 2.05) is 6.92 Å². The molecule has 0 unspecified atom stereocenters. The van der Waals surface area contributed by atoms with Crippen molar-refractivity contribution in [1.29, 1.82) is 0 Å². The van der Waals surface area contributed by atoms with E-state index in [4.69, 9.17) is 0 Å². The smallest absolute Gasteiger partial charge is 0.0933 e. The molecular weight excluding hydrogens is 288 g/mol. The van der Waals surface area contributed by atoms with Crippen molar-refractivity contribution in [2.45, 2.75) is 89.9 Å². The number of hydrogen-bond acceptors (Lipinski definition) is 3. The van der Waals surface area contributed by atoms with Gasteiger partial charge in [0.2, 0.25) is 0 Å². The normalized spacial score (nSPS) is 62.3. The van der Waals surface area contributed by atoms with E-state index in [1.165, 1.54) is 19.3 Å². The SMILES string of the molecule is C[C@]12CC[C@@H](O)C[C@H]1CC[C@H]1[C@H]3C[C@@H](O)[C@](C)(O)[C@@]3(C)CC[C@@H]12. The molecular formula is C20H34O3. The van der Waals surface area contributed by atoms with E-state index in [0.717, 1.165) is 32.1 Å². The number of rotatable bonds is 0. The zero-order valence-corrected chi connectivity index (χ0v) is 15.0. The molecule has 4 aliphatic carbocycles. The van der Waals surface area contributed by atoms with Crippen molar-refractivity contribution in [1.82, 2.24) is 0 Å². The van der Waals surface area contributed by atoms with Crippen LogP contribution in [0.15, 0.2) is 0 Å². The highest BCUT2D eigenvalue weighted by Gasteiger charge is 2.66. The van der Waals surface area contributed by atoms with Gasteiger partial charge in [0.15, 0.2) is 0 Å². The van der Waals surface area contributed by atoms with Gasteiger partial charge in [-0.15, -0.1) is 0 Å². The van der Waals surface area contributed by atoms with Gasteiger partial charge in [-0.05, 0) is 87.4 Å². The van der Waals surface area contributed by atoms with E-state index in [0.29, 0.717) is 29.1 Å². The molecule has 4 aliphatic rings. The number of aliphatic hydroxyl groups excluding tert-OH is 2. The van der Waals surface area contributed by atoms with E-state index >= 15 is 0 Å². The number of fused-ring (bicyclic) bond motifs is 5. The Labute approximate surface area is 140 Å². The Hall–Kier alpha value is -0.120. The molecule has 0 aromatic heterocycles. The van der Waals surface area contributed by atoms with E-state index in [1.54, 1.807) is 0 Å². The Balaban J connectivity index is 1.65. The van der Waals surface area contributed by atoms with E-state index in [-0.39, 0.29) is 11.5 Å². The lowest BCUT2D eigenvalue weighted by Gasteiger charge is -2.61. The minimum atomic E-state index is -0.941. The van der Waals surface area contributed by atoms with Gasteiger partial charge in [-0.2, -0.15) is 0 Å². The molecule has 4 rings (SSSR count). The van der Waals surface area contributed by atoms with Crippen LogP contribution in [0.5, 0.6) is 0 Å². The van der Waals surface area contributed by atoms with Crippen molar-refractivity contribution in [3.63, 3.8) is 0 Å². The van der Waals surface area contributed by atoms with E-state index in [2.05, 4.69) is 13.8 Å². The third-order valence-electron chi connectivity index (χ3n) is 9.31. The van der Waals surface area contributed by atoms with E-state index in [9.17, 15) is 15.3 Å². The van der Waals surface area contributed by atoms with E-state index < -0.39 is 11.7 Å². The predicted molar refractivity (Wildman–Crippen MR) is 89.7 cm³/mol. The van der Waals surface area contributed by atoms with Crippen molar-refractivity contribution in [2.24, 2.45) is 34.5 Å². The molecule has 23 heavy (non-hydrogen) atoms. The quantitative estimate of drug-likeness (QED) is 0.642. The monoisotopic (exact) mass is 322 g/mol. The fourth-order valence-corrected chi connectivity index (χ4v) is 7.47. The lowest BCUT2D eigenvalue weighted by atomic mass is 9.44. The molecule has 0 aliphatic heterocycles. The first kappa shape index (κ1) is 16.4. The standard InChI is InChI=1S/C20H34O3/c1-18-8-6-13(21)10-12(18)4-5-14-15(18)7-9-19(2)16(14)11-17(22)20(19,3)23/h12-17,21-23H,4-11H2,1-3H3/t12-,13-,14-,15+,16-,17-,18+,19+,20+/m1/s1. The summed E-state index contributed by atoms with van der Waals surface area (Å²) in [4.78, 5) is 0. The molecule has 0 radical (unpaired) electrons.